The monoisotopic (exact) mass is 270 g/mol. The summed E-state index contributed by atoms with van der Waals surface area (Å²) in [7, 11) is 0. The number of carbonyl (C=O) groups excluding carboxylic acids is 1. The Morgan fingerprint density at radius 1 is 1.16 bits per heavy atom. The lowest BCUT2D eigenvalue weighted by Gasteiger charge is -2.34. The van der Waals surface area contributed by atoms with E-state index in [0.29, 0.717) is 19.0 Å². The molecular formula is C13H22N2O4. The zero-order valence-electron chi connectivity index (χ0n) is 11.4. The van der Waals surface area contributed by atoms with Crippen LogP contribution < -0.4 is 0 Å². The summed E-state index contributed by atoms with van der Waals surface area (Å²) in [6.07, 6.45) is 2.51. The molecule has 2 fully saturated rings. The molecule has 19 heavy (non-hydrogen) atoms. The van der Waals surface area contributed by atoms with Crippen molar-refractivity contribution < 1.29 is 19.4 Å². The van der Waals surface area contributed by atoms with E-state index in [4.69, 9.17) is 9.84 Å². The summed E-state index contributed by atoms with van der Waals surface area (Å²) in [6.45, 7) is 4.95. The van der Waals surface area contributed by atoms with Gasteiger partial charge in [-0.3, -0.25) is 0 Å². The van der Waals surface area contributed by atoms with Crippen LogP contribution in [0.3, 0.4) is 0 Å². The predicted molar refractivity (Wildman–Crippen MR) is 68.9 cm³/mol. The van der Waals surface area contributed by atoms with Crippen LogP contribution in [0.25, 0.3) is 0 Å². The number of carboxylic acid groups (broad SMARTS) is 1. The number of nitrogens with zero attached hydrogens (tertiary/aromatic N) is 2. The lowest BCUT2D eigenvalue weighted by Crippen LogP contribution is -2.47. The highest BCUT2D eigenvalue weighted by atomic mass is 16.5. The molecule has 2 rings (SSSR count). The molecule has 6 heteroatoms. The van der Waals surface area contributed by atoms with E-state index in [1.54, 1.807) is 0 Å². The van der Waals surface area contributed by atoms with Crippen LogP contribution in [0.5, 0.6) is 0 Å². The van der Waals surface area contributed by atoms with Gasteiger partial charge in [-0.2, -0.15) is 0 Å². The Balaban J connectivity index is 1.73. The highest BCUT2D eigenvalue weighted by molar-refractivity contribution is 5.74. The molecule has 108 valence electrons. The number of piperidine rings is 1. The van der Waals surface area contributed by atoms with Crippen LogP contribution in [0.2, 0.25) is 0 Å². The lowest BCUT2D eigenvalue weighted by atomic mass is 10.1. The Labute approximate surface area is 113 Å². The molecule has 0 bridgehead atoms. The molecule has 6 nitrogen and oxygen atoms in total. The first-order valence-corrected chi connectivity index (χ1v) is 6.93. The van der Waals surface area contributed by atoms with Crippen LogP contribution in [0.1, 0.15) is 26.2 Å². The van der Waals surface area contributed by atoms with Crippen molar-refractivity contribution >= 4 is 12.0 Å². The zero-order valence-corrected chi connectivity index (χ0v) is 11.4. The highest BCUT2D eigenvalue weighted by Crippen LogP contribution is 2.20. The number of hydrogen-bond donors (Lipinski definition) is 1. The van der Waals surface area contributed by atoms with Crippen molar-refractivity contribution in [1.29, 1.82) is 0 Å². The molecule has 1 unspecified atom stereocenters. The largest absolute Gasteiger partial charge is 0.480 e. The van der Waals surface area contributed by atoms with Gasteiger partial charge in [0.15, 0.2) is 0 Å². The van der Waals surface area contributed by atoms with Gasteiger partial charge in [0.25, 0.3) is 0 Å². The smallest absolute Gasteiger partial charge is 0.329 e. The van der Waals surface area contributed by atoms with E-state index in [1.165, 1.54) is 0 Å². The third-order valence-electron chi connectivity index (χ3n) is 3.85. The van der Waals surface area contributed by atoms with Crippen LogP contribution in [0.4, 0.5) is 4.79 Å². The fourth-order valence-corrected chi connectivity index (χ4v) is 2.71. The van der Waals surface area contributed by atoms with Crippen molar-refractivity contribution in [1.82, 2.24) is 9.80 Å². The van der Waals surface area contributed by atoms with Crippen molar-refractivity contribution in [3.05, 3.63) is 0 Å². The first-order chi connectivity index (χ1) is 9.06. The molecule has 1 atom stereocenters. The first-order valence-electron chi connectivity index (χ1n) is 6.93. The van der Waals surface area contributed by atoms with E-state index in [2.05, 4.69) is 6.92 Å². The molecule has 0 radical (unpaired) electrons. The summed E-state index contributed by atoms with van der Waals surface area (Å²) in [4.78, 5) is 26.4. The molecular weight excluding hydrogens is 248 g/mol. The van der Waals surface area contributed by atoms with Gasteiger partial charge in [0.05, 0.1) is 6.10 Å². The normalized spacial score (nSPS) is 24.8. The number of carboxylic acids is 1. The van der Waals surface area contributed by atoms with Gasteiger partial charge >= 0.3 is 12.0 Å². The molecule has 0 spiro atoms. The van der Waals surface area contributed by atoms with Crippen LogP contribution >= 0.6 is 0 Å². The molecule has 0 aromatic carbocycles. The fourth-order valence-electron chi connectivity index (χ4n) is 2.71. The standard InChI is InChI=1S/C13H22N2O4/c1-10-2-5-15(8-10)13(18)14-6-3-11(4-7-14)19-9-12(16)17/h10-11H,2-9H2,1H3,(H,16,17). The first kappa shape index (κ1) is 14.1. The van der Waals surface area contributed by atoms with Crippen LogP contribution in [-0.4, -0.2) is 65.8 Å². The van der Waals surface area contributed by atoms with Crippen molar-refractivity contribution in [2.45, 2.75) is 32.3 Å². The molecule has 2 aliphatic heterocycles. The second kappa shape index (κ2) is 6.23. The van der Waals surface area contributed by atoms with Gasteiger partial charge in [0, 0.05) is 26.2 Å². The third kappa shape index (κ3) is 3.83. The van der Waals surface area contributed by atoms with Crippen molar-refractivity contribution in [3.8, 4) is 0 Å². The van der Waals surface area contributed by atoms with E-state index in [0.717, 1.165) is 32.4 Å². The Morgan fingerprint density at radius 2 is 1.79 bits per heavy atom. The number of likely N-dealkylation sites (tertiary alicyclic amines) is 2. The van der Waals surface area contributed by atoms with E-state index >= 15 is 0 Å². The van der Waals surface area contributed by atoms with Gasteiger partial charge in [-0.05, 0) is 25.2 Å². The Hall–Kier alpha value is -1.30. The molecule has 2 aliphatic rings. The van der Waals surface area contributed by atoms with Gasteiger partial charge in [0.2, 0.25) is 0 Å². The Morgan fingerprint density at radius 3 is 2.32 bits per heavy atom. The Kier molecular flexibility index (Phi) is 4.63. The topological polar surface area (TPSA) is 70.1 Å². The summed E-state index contributed by atoms with van der Waals surface area (Å²) >= 11 is 0. The second-order valence-electron chi connectivity index (χ2n) is 5.51. The minimum Gasteiger partial charge on any atom is -0.480 e. The molecule has 2 saturated heterocycles. The predicted octanol–water partition coefficient (Wildman–Crippen LogP) is 1.01. The van der Waals surface area contributed by atoms with Crippen LogP contribution in [0, 0.1) is 5.92 Å². The molecule has 0 aromatic heterocycles. The molecule has 2 amide bonds. The molecule has 0 aliphatic carbocycles. The summed E-state index contributed by atoms with van der Waals surface area (Å²) in [6, 6.07) is 0.126. The van der Waals surface area contributed by atoms with Gasteiger partial charge in [-0.15, -0.1) is 0 Å². The van der Waals surface area contributed by atoms with Gasteiger partial charge in [-0.25, -0.2) is 9.59 Å². The summed E-state index contributed by atoms with van der Waals surface area (Å²) in [5, 5.41) is 8.56. The number of urea groups is 1. The minimum absolute atomic E-state index is 0.0300. The van der Waals surface area contributed by atoms with E-state index in [-0.39, 0.29) is 18.7 Å². The lowest BCUT2D eigenvalue weighted by molar-refractivity contribution is -0.145. The zero-order chi connectivity index (χ0) is 13.8. The van der Waals surface area contributed by atoms with E-state index < -0.39 is 5.97 Å². The molecule has 0 saturated carbocycles. The van der Waals surface area contributed by atoms with Crippen LogP contribution in [0.15, 0.2) is 0 Å². The summed E-state index contributed by atoms with van der Waals surface area (Å²) < 4.78 is 5.26. The van der Waals surface area contributed by atoms with Crippen LogP contribution in [-0.2, 0) is 9.53 Å². The second-order valence-corrected chi connectivity index (χ2v) is 5.51. The summed E-state index contributed by atoms with van der Waals surface area (Å²) in [5.74, 6) is -0.343. The maximum Gasteiger partial charge on any atom is 0.329 e. The fraction of sp³-hybridized carbons (Fsp3) is 0.846. The molecule has 1 N–H and O–H groups in total. The SMILES string of the molecule is CC1CCN(C(=O)N2CCC(OCC(=O)O)CC2)C1. The third-order valence-corrected chi connectivity index (χ3v) is 3.85. The average Bonchev–Trinajstić information content (AvgIpc) is 2.83. The minimum atomic E-state index is -0.940. The number of hydrogen-bond acceptors (Lipinski definition) is 3. The van der Waals surface area contributed by atoms with E-state index in [1.807, 2.05) is 9.80 Å². The average molecular weight is 270 g/mol. The Bertz CT molecular complexity index is 340. The number of carbonyl (C=O) groups is 2. The van der Waals surface area contributed by atoms with Gasteiger partial charge < -0.3 is 19.6 Å². The van der Waals surface area contributed by atoms with Crippen molar-refractivity contribution in [2.24, 2.45) is 5.92 Å². The quantitative estimate of drug-likeness (QED) is 0.831. The van der Waals surface area contributed by atoms with Gasteiger partial charge in [0.1, 0.15) is 6.61 Å². The van der Waals surface area contributed by atoms with E-state index in [9.17, 15) is 9.59 Å². The maximum atomic E-state index is 12.2. The number of rotatable bonds is 3. The van der Waals surface area contributed by atoms with Crippen molar-refractivity contribution in [3.63, 3.8) is 0 Å². The summed E-state index contributed by atoms with van der Waals surface area (Å²) in [5.41, 5.74) is 0. The number of amides is 2. The molecule has 2 heterocycles. The number of ether oxygens (including phenoxy) is 1. The van der Waals surface area contributed by atoms with Gasteiger partial charge in [-0.1, -0.05) is 6.92 Å². The maximum absolute atomic E-state index is 12.2. The number of aliphatic carboxylic acids is 1. The van der Waals surface area contributed by atoms with Crippen molar-refractivity contribution in [2.75, 3.05) is 32.8 Å². The molecule has 0 aromatic rings. The highest BCUT2D eigenvalue weighted by Gasteiger charge is 2.30.